The van der Waals surface area contributed by atoms with Gasteiger partial charge in [-0.15, -0.1) is 24.0 Å². The van der Waals surface area contributed by atoms with E-state index < -0.39 is 4.92 Å². The first kappa shape index (κ1) is 22.9. The Morgan fingerprint density at radius 3 is 2.67 bits per heavy atom. The molecule has 0 radical (unpaired) electrons. The molecule has 1 N–H and O–H groups in total. The molecular formula is C18H25IN4O4. The van der Waals surface area contributed by atoms with Crippen LogP contribution in [0.25, 0.3) is 0 Å². The molecule has 0 fully saturated rings. The third-order valence-electron chi connectivity index (χ3n) is 3.70. The van der Waals surface area contributed by atoms with Gasteiger partial charge < -0.3 is 19.4 Å². The normalized spacial score (nSPS) is 11.0. The standard InChI is InChI=1S/C18H24N4O4.HI/c1-21(14-17-5-3-12-26-17)18(19-10-4-11-25-2)20-13-15-6-8-16(9-7-15)22(23)24;/h3,5-9,12H,4,10-11,13-14H2,1-2H3,(H,19,20);1H. The zero-order valence-corrected chi connectivity index (χ0v) is 17.8. The highest BCUT2D eigenvalue weighted by Crippen LogP contribution is 2.13. The van der Waals surface area contributed by atoms with Gasteiger partial charge in [-0.2, -0.15) is 0 Å². The number of nitro benzene ring substituents is 1. The number of hydrogen-bond acceptors (Lipinski definition) is 5. The van der Waals surface area contributed by atoms with E-state index in [1.54, 1.807) is 25.5 Å². The third kappa shape index (κ3) is 7.95. The Balaban J connectivity index is 0.00000364. The van der Waals surface area contributed by atoms with Crippen LogP contribution in [-0.2, 0) is 17.8 Å². The van der Waals surface area contributed by atoms with Gasteiger partial charge in [-0.1, -0.05) is 12.1 Å². The fourth-order valence-corrected chi connectivity index (χ4v) is 2.33. The monoisotopic (exact) mass is 488 g/mol. The SMILES string of the molecule is COCCCNC(=NCc1ccc([N+](=O)[O-])cc1)N(C)Cc1ccco1.I. The van der Waals surface area contributed by atoms with Crippen molar-refractivity contribution in [1.29, 1.82) is 0 Å². The number of non-ortho nitro benzene ring substituents is 1. The van der Waals surface area contributed by atoms with Gasteiger partial charge in [-0.25, -0.2) is 4.99 Å². The fraction of sp³-hybridized carbons (Fsp3) is 0.389. The van der Waals surface area contributed by atoms with Crippen LogP contribution in [-0.4, -0.2) is 43.1 Å². The molecule has 9 heteroatoms. The van der Waals surface area contributed by atoms with Crippen molar-refractivity contribution >= 4 is 35.6 Å². The quantitative estimate of drug-likeness (QED) is 0.145. The maximum absolute atomic E-state index is 10.7. The zero-order valence-electron chi connectivity index (χ0n) is 15.5. The molecule has 8 nitrogen and oxygen atoms in total. The lowest BCUT2D eigenvalue weighted by atomic mass is 10.2. The fourth-order valence-electron chi connectivity index (χ4n) is 2.33. The molecule has 1 heterocycles. The second-order valence-corrected chi connectivity index (χ2v) is 5.77. The average molecular weight is 488 g/mol. The molecule has 0 unspecified atom stereocenters. The maximum atomic E-state index is 10.7. The Bertz CT molecular complexity index is 705. The van der Waals surface area contributed by atoms with Crippen LogP contribution in [0.1, 0.15) is 17.7 Å². The summed E-state index contributed by atoms with van der Waals surface area (Å²) in [7, 11) is 3.60. The molecule has 0 saturated heterocycles. The number of nitrogens with zero attached hydrogens (tertiary/aromatic N) is 3. The van der Waals surface area contributed by atoms with Crippen LogP contribution >= 0.6 is 24.0 Å². The first-order valence-corrected chi connectivity index (χ1v) is 8.34. The predicted molar refractivity (Wildman–Crippen MR) is 114 cm³/mol. The highest BCUT2D eigenvalue weighted by molar-refractivity contribution is 14.0. The number of benzene rings is 1. The minimum Gasteiger partial charge on any atom is -0.467 e. The summed E-state index contributed by atoms with van der Waals surface area (Å²) in [6.45, 7) is 2.41. The molecule has 0 aliphatic heterocycles. The number of nitro groups is 1. The van der Waals surface area contributed by atoms with E-state index in [4.69, 9.17) is 9.15 Å². The van der Waals surface area contributed by atoms with E-state index in [1.165, 1.54) is 12.1 Å². The van der Waals surface area contributed by atoms with E-state index in [0.29, 0.717) is 19.7 Å². The minimum absolute atomic E-state index is 0. The van der Waals surface area contributed by atoms with Crippen molar-refractivity contribution in [3.63, 3.8) is 0 Å². The van der Waals surface area contributed by atoms with Crippen LogP contribution in [0.4, 0.5) is 5.69 Å². The number of rotatable bonds is 9. The summed E-state index contributed by atoms with van der Waals surface area (Å²) in [5, 5.41) is 14.0. The zero-order chi connectivity index (χ0) is 18.8. The van der Waals surface area contributed by atoms with Gasteiger partial charge in [0.05, 0.1) is 24.3 Å². The van der Waals surface area contributed by atoms with E-state index in [2.05, 4.69) is 10.3 Å². The molecule has 2 aromatic rings. The molecule has 0 aliphatic rings. The second kappa shape index (κ2) is 12.3. The summed E-state index contributed by atoms with van der Waals surface area (Å²) in [6.07, 6.45) is 2.50. The lowest BCUT2D eigenvalue weighted by molar-refractivity contribution is -0.384. The smallest absolute Gasteiger partial charge is 0.269 e. The molecule has 27 heavy (non-hydrogen) atoms. The molecule has 0 bridgehead atoms. The molecule has 0 saturated carbocycles. The third-order valence-corrected chi connectivity index (χ3v) is 3.70. The van der Waals surface area contributed by atoms with Crippen molar-refractivity contribution in [2.45, 2.75) is 19.5 Å². The van der Waals surface area contributed by atoms with E-state index in [9.17, 15) is 10.1 Å². The summed E-state index contributed by atoms with van der Waals surface area (Å²) in [5.41, 5.74) is 0.976. The molecule has 0 spiro atoms. The second-order valence-electron chi connectivity index (χ2n) is 5.77. The molecule has 148 valence electrons. The molecular weight excluding hydrogens is 463 g/mol. The number of methoxy groups -OCH3 is 1. The van der Waals surface area contributed by atoms with Crippen LogP contribution in [0, 0.1) is 10.1 Å². The van der Waals surface area contributed by atoms with Gasteiger partial charge in [0.1, 0.15) is 5.76 Å². The van der Waals surface area contributed by atoms with Crippen molar-refractivity contribution < 1.29 is 14.1 Å². The number of hydrogen-bond donors (Lipinski definition) is 1. The summed E-state index contributed by atoms with van der Waals surface area (Å²) >= 11 is 0. The Kier molecular flexibility index (Phi) is 10.4. The van der Waals surface area contributed by atoms with Crippen LogP contribution in [0.3, 0.4) is 0 Å². The van der Waals surface area contributed by atoms with Crippen molar-refractivity contribution in [2.24, 2.45) is 4.99 Å². The maximum Gasteiger partial charge on any atom is 0.269 e. The molecule has 0 aliphatic carbocycles. The first-order chi connectivity index (χ1) is 12.6. The van der Waals surface area contributed by atoms with Gasteiger partial charge in [0, 0.05) is 39.4 Å². The van der Waals surface area contributed by atoms with E-state index in [0.717, 1.165) is 30.2 Å². The van der Waals surface area contributed by atoms with Crippen LogP contribution in [0.15, 0.2) is 52.1 Å². The Morgan fingerprint density at radius 2 is 2.07 bits per heavy atom. The van der Waals surface area contributed by atoms with Crippen molar-refractivity contribution in [1.82, 2.24) is 10.2 Å². The summed E-state index contributed by atoms with van der Waals surface area (Å²) in [4.78, 5) is 16.9. The van der Waals surface area contributed by atoms with E-state index in [-0.39, 0.29) is 29.7 Å². The molecule has 2 rings (SSSR count). The largest absolute Gasteiger partial charge is 0.467 e. The molecule has 1 aromatic heterocycles. The van der Waals surface area contributed by atoms with Gasteiger partial charge in [-0.3, -0.25) is 10.1 Å². The lowest BCUT2D eigenvalue weighted by Gasteiger charge is -2.21. The summed E-state index contributed by atoms with van der Waals surface area (Å²) in [6, 6.07) is 10.2. The molecule has 1 aromatic carbocycles. The van der Waals surface area contributed by atoms with Crippen molar-refractivity contribution in [2.75, 3.05) is 27.3 Å². The number of nitrogens with one attached hydrogen (secondary N) is 1. The van der Waals surface area contributed by atoms with E-state index >= 15 is 0 Å². The number of furan rings is 1. The topological polar surface area (TPSA) is 93.1 Å². The van der Waals surface area contributed by atoms with Gasteiger partial charge in [0.2, 0.25) is 0 Å². The van der Waals surface area contributed by atoms with Crippen molar-refractivity contribution in [3.8, 4) is 0 Å². The Hall–Kier alpha value is -2.14. The van der Waals surface area contributed by atoms with Gasteiger partial charge in [-0.05, 0) is 24.1 Å². The van der Waals surface area contributed by atoms with Gasteiger partial charge in [0.25, 0.3) is 5.69 Å². The average Bonchev–Trinajstić information content (AvgIpc) is 3.14. The predicted octanol–water partition coefficient (Wildman–Crippen LogP) is 3.42. The van der Waals surface area contributed by atoms with Crippen LogP contribution in [0.5, 0.6) is 0 Å². The summed E-state index contributed by atoms with van der Waals surface area (Å²) < 4.78 is 10.5. The minimum atomic E-state index is -0.410. The highest BCUT2D eigenvalue weighted by atomic mass is 127. The van der Waals surface area contributed by atoms with Crippen molar-refractivity contribution in [3.05, 3.63) is 64.1 Å². The lowest BCUT2D eigenvalue weighted by Crippen LogP contribution is -2.39. The van der Waals surface area contributed by atoms with Gasteiger partial charge >= 0.3 is 0 Å². The summed E-state index contributed by atoms with van der Waals surface area (Å²) in [5.74, 6) is 1.57. The van der Waals surface area contributed by atoms with Gasteiger partial charge in [0.15, 0.2) is 5.96 Å². The van der Waals surface area contributed by atoms with Crippen LogP contribution < -0.4 is 5.32 Å². The molecule has 0 atom stereocenters. The number of aliphatic imine (C=N–C) groups is 1. The molecule has 0 amide bonds. The number of ether oxygens (including phenoxy) is 1. The first-order valence-electron chi connectivity index (χ1n) is 8.34. The Morgan fingerprint density at radius 1 is 1.33 bits per heavy atom. The van der Waals surface area contributed by atoms with E-state index in [1.807, 2.05) is 24.1 Å². The highest BCUT2D eigenvalue weighted by Gasteiger charge is 2.09. The number of halogens is 1. The Labute approximate surface area is 175 Å². The van der Waals surface area contributed by atoms with Crippen LogP contribution in [0.2, 0.25) is 0 Å². The number of guanidine groups is 1.